The molecular formula is C21H17FN2OS. The van der Waals surface area contributed by atoms with Gasteiger partial charge in [-0.15, -0.1) is 11.3 Å². The molecule has 0 aliphatic heterocycles. The van der Waals surface area contributed by atoms with Crippen molar-refractivity contribution in [2.24, 2.45) is 0 Å². The van der Waals surface area contributed by atoms with Crippen LogP contribution in [0.4, 0.5) is 4.39 Å². The quantitative estimate of drug-likeness (QED) is 0.541. The molecule has 130 valence electrons. The molecule has 0 aliphatic rings. The summed E-state index contributed by atoms with van der Waals surface area (Å²) in [6.45, 7) is 0.528. The minimum atomic E-state index is -0.298. The van der Waals surface area contributed by atoms with E-state index in [9.17, 15) is 9.18 Å². The molecule has 4 rings (SSSR count). The first-order chi connectivity index (χ1) is 12.7. The van der Waals surface area contributed by atoms with Gasteiger partial charge in [0.2, 0.25) is 5.91 Å². The molecule has 4 aromatic rings. The molecule has 3 nitrogen and oxygen atoms in total. The predicted molar refractivity (Wildman–Crippen MR) is 103 cm³/mol. The Bertz CT molecular complexity index is 1050. The lowest BCUT2D eigenvalue weighted by molar-refractivity contribution is -0.121. The minimum absolute atomic E-state index is 0.103. The van der Waals surface area contributed by atoms with Gasteiger partial charge < -0.3 is 9.88 Å². The van der Waals surface area contributed by atoms with Crippen LogP contribution in [0, 0.1) is 5.82 Å². The Balaban J connectivity index is 1.58. The average Bonchev–Trinajstić information content (AvgIpc) is 3.28. The Kier molecular flexibility index (Phi) is 4.54. The van der Waals surface area contributed by atoms with Crippen LogP contribution in [0.3, 0.4) is 0 Å². The SMILES string of the molecule is O=C(Cn1c(-c2cccs2)cc2ccccc21)NCc1cccc(F)c1. The van der Waals surface area contributed by atoms with Gasteiger partial charge in [-0.3, -0.25) is 4.79 Å². The van der Waals surface area contributed by atoms with E-state index in [-0.39, 0.29) is 18.3 Å². The maximum atomic E-state index is 13.3. The van der Waals surface area contributed by atoms with E-state index in [0.29, 0.717) is 6.54 Å². The number of benzene rings is 2. The molecule has 0 fully saturated rings. The second kappa shape index (κ2) is 7.14. The summed E-state index contributed by atoms with van der Waals surface area (Å²) in [5.74, 6) is -0.401. The number of nitrogens with zero attached hydrogens (tertiary/aromatic N) is 1. The number of hydrogen-bond donors (Lipinski definition) is 1. The second-order valence-corrected chi connectivity index (χ2v) is 7.01. The number of carbonyl (C=O) groups is 1. The Hall–Kier alpha value is -2.92. The third-order valence-corrected chi connectivity index (χ3v) is 5.16. The number of carbonyl (C=O) groups excluding carboxylic acids is 1. The van der Waals surface area contributed by atoms with E-state index in [1.54, 1.807) is 23.5 Å². The zero-order valence-electron chi connectivity index (χ0n) is 14.0. The van der Waals surface area contributed by atoms with E-state index in [1.165, 1.54) is 12.1 Å². The normalized spacial score (nSPS) is 11.0. The Labute approximate surface area is 154 Å². The number of halogens is 1. The van der Waals surface area contributed by atoms with Gasteiger partial charge in [-0.1, -0.05) is 36.4 Å². The van der Waals surface area contributed by atoms with Gasteiger partial charge in [-0.25, -0.2) is 4.39 Å². The molecule has 1 N–H and O–H groups in total. The third kappa shape index (κ3) is 3.39. The summed E-state index contributed by atoms with van der Waals surface area (Å²) in [7, 11) is 0. The molecule has 0 bridgehead atoms. The van der Waals surface area contributed by atoms with Crippen molar-refractivity contribution >= 4 is 28.1 Å². The predicted octanol–water partition coefficient (Wildman–Crippen LogP) is 4.83. The maximum Gasteiger partial charge on any atom is 0.240 e. The maximum absolute atomic E-state index is 13.3. The van der Waals surface area contributed by atoms with Crippen LogP contribution in [-0.2, 0) is 17.9 Å². The highest BCUT2D eigenvalue weighted by atomic mass is 32.1. The molecule has 5 heteroatoms. The molecule has 0 unspecified atom stereocenters. The molecule has 26 heavy (non-hydrogen) atoms. The smallest absolute Gasteiger partial charge is 0.240 e. The van der Waals surface area contributed by atoms with Crippen LogP contribution < -0.4 is 5.32 Å². The van der Waals surface area contributed by atoms with Crippen molar-refractivity contribution in [2.75, 3.05) is 0 Å². The van der Waals surface area contributed by atoms with E-state index in [0.717, 1.165) is 27.0 Å². The van der Waals surface area contributed by atoms with E-state index < -0.39 is 0 Å². The number of thiophene rings is 1. The molecule has 2 heterocycles. The number of rotatable bonds is 5. The van der Waals surface area contributed by atoms with Gasteiger partial charge in [0.1, 0.15) is 12.4 Å². The number of para-hydroxylation sites is 1. The highest BCUT2D eigenvalue weighted by Gasteiger charge is 2.14. The Morgan fingerprint density at radius 2 is 1.92 bits per heavy atom. The van der Waals surface area contributed by atoms with Gasteiger partial charge in [0.25, 0.3) is 0 Å². The molecule has 0 atom stereocenters. The summed E-state index contributed by atoms with van der Waals surface area (Å²) >= 11 is 1.65. The molecule has 0 spiro atoms. The minimum Gasteiger partial charge on any atom is -0.350 e. The Morgan fingerprint density at radius 3 is 2.73 bits per heavy atom. The van der Waals surface area contributed by atoms with Crippen molar-refractivity contribution in [3.8, 4) is 10.6 Å². The number of fused-ring (bicyclic) bond motifs is 1. The molecule has 0 aliphatic carbocycles. The molecular weight excluding hydrogens is 347 g/mol. The van der Waals surface area contributed by atoms with Gasteiger partial charge in [0, 0.05) is 17.4 Å². The van der Waals surface area contributed by atoms with Crippen LogP contribution in [0.5, 0.6) is 0 Å². The molecule has 1 amide bonds. The van der Waals surface area contributed by atoms with Gasteiger partial charge >= 0.3 is 0 Å². The van der Waals surface area contributed by atoms with E-state index >= 15 is 0 Å². The van der Waals surface area contributed by atoms with Crippen molar-refractivity contribution in [2.45, 2.75) is 13.1 Å². The number of amides is 1. The van der Waals surface area contributed by atoms with E-state index in [2.05, 4.69) is 17.4 Å². The van der Waals surface area contributed by atoms with Crippen LogP contribution in [0.1, 0.15) is 5.56 Å². The first-order valence-electron chi connectivity index (χ1n) is 8.34. The first-order valence-corrected chi connectivity index (χ1v) is 9.22. The molecule has 0 saturated heterocycles. The lowest BCUT2D eigenvalue weighted by Crippen LogP contribution is -2.27. The van der Waals surface area contributed by atoms with Crippen LogP contribution in [0.25, 0.3) is 21.5 Å². The molecule has 2 aromatic carbocycles. The van der Waals surface area contributed by atoms with Crippen molar-refractivity contribution in [1.29, 1.82) is 0 Å². The van der Waals surface area contributed by atoms with Crippen molar-refractivity contribution < 1.29 is 9.18 Å². The lowest BCUT2D eigenvalue weighted by Gasteiger charge is -2.11. The number of nitrogens with one attached hydrogen (secondary N) is 1. The van der Waals surface area contributed by atoms with Crippen LogP contribution in [0.15, 0.2) is 72.1 Å². The number of hydrogen-bond acceptors (Lipinski definition) is 2. The van der Waals surface area contributed by atoms with Gasteiger partial charge in [-0.05, 0) is 41.3 Å². The van der Waals surface area contributed by atoms with Gasteiger partial charge in [0.05, 0.1) is 10.6 Å². The summed E-state index contributed by atoms with van der Waals surface area (Å²) in [5.41, 5.74) is 2.80. The fourth-order valence-corrected chi connectivity index (χ4v) is 3.81. The summed E-state index contributed by atoms with van der Waals surface area (Å²) in [4.78, 5) is 13.6. The van der Waals surface area contributed by atoms with Crippen molar-refractivity contribution in [1.82, 2.24) is 9.88 Å². The van der Waals surface area contributed by atoms with Crippen molar-refractivity contribution in [3.05, 3.63) is 83.5 Å². The summed E-state index contributed by atoms with van der Waals surface area (Å²) in [5, 5.41) is 6.01. The molecule has 0 radical (unpaired) electrons. The largest absolute Gasteiger partial charge is 0.350 e. The highest BCUT2D eigenvalue weighted by Crippen LogP contribution is 2.31. The van der Waals surface area contributed by atoms with Gasteiger partial charge in [0.15, 0.2) is 0 Å². The average molecular weight is 364 g/mol. The zero-order chi connectivity index (χ0) is 17.9. The fraction of sp³-hybridized carbons (Fsp3) is 0.0952. The van der Waals surface area contributed by atoms with Crippen LogP contribution in [0.2, 0.25) is 0 Å². The van der Waals surface area contributed by atoms with Crippen LogP contribution >= 0.6 is 11.3 Å². The van der Waals surface area contributed by atoms with E-state index in [4.69, 9.17) is 0 Å². The fourth-order valence-electron chi connectivity index (χ4n) is 3.06. The topological polar surface area (TPSA) is 34.0 Å². The zero-order valence-corrected chi connectivity index (χ0v) is 14.8. The van der Waals surface area contributed by atoms with Crippen molar-refractivity contribution in [3.63, 3.8) is 0 Å². The second-order valence-electron chi connectivity index (χ2n) is 6.06. The summed E-state index contributed by atoms with van der Waals surface area (Å²) < 4.78 is 15.3. The lowest BCUT2D eigenvalue weighted by atomic mass is 10.2. The number of aromatic nitrogens is 1. The Morgan fingerprint density at radius 1 is 1.04 bits per heavy atom. The highest BCUT2D eigenvalue weighted by molar-refractivity contribution is 7.13. The monoisotopic (exact) mass is 364 g/mol. The van der Waals surface area contributed by atoms with Crippen LogP contribution in [-0.4, -0.2) is 10.5 Å². The molecule has 0 saturated carbocycles. The third-order valence-electron chi connectivity index (χ3n) is 4.26. The van der Waals surface area contributed by atoms with E-state index in [1.807, 2.05) is 40.3 Å². The first kappa shape index (κ1) is 16.5. The summed E-state index contributed by atoms with van der Waals surface area (Å²) in [6.07, 6.45) is 0. The summed E-state index contributed by atoms with van der Waals surface area (Å²) in [6, 6.07) is 20.5. The molecule has 2 aromatic heterocycles. The standard InChI is InChI=1S/C21H17FN2OS/c22-17-7-3-5-15(11-17)13-23-21(25)14-24-18-8-2-1-6-16(18)12-19(24)20-9-4-10-26-20/h1-12H,13-14H2,(H,23,25). The van der Waals surface area contributed by atoms with Gasteiger partial charge in [-0.2, -0.15) is 0 Å².